The van der Waals surface area contributed by atoms with Crippen molar-refractivity contribution < 1.29 is 9.90 Å². The van der Waals surface area contributed by atoms with Crippen LogP contribution in [0, 0.1) is 13.8 Å². The van der Waals surface area contributed by atoms with Gasteiger partial charge in [-0.3, -0.25) is 4.79 Å². The van der Waals surface area contributed by atoms with Gasteiger partial charge in [0.2, 0.25) is 0 Å². The van der Waals surface area contributed by atoms with E-state index in [0.29, 0.717) is 19.5 Å². The van der Waals surface area contributed by atoms with E-state index in [4.69, 9.17) is 5.53 Å². The third-order valence-corrected chi connectivity index (χ3v) is 2.92. The fourth-order valence-electron chi connectivity index (χ4n) is 2.04. The van der Waals surface area contributed by atoms with E-state index in [0.717, 1.165) is 16.7 Å². The first-order chi connectivity index (χ1) is 9.07. The van der Waals surface area contributed by atoms with Crippen LogP contribution in [-0.4, -0.2) is 24.2 Å². The van der Waals surface area contributed by atoms with Crippen molar-refractivity contribution in [2.45, 2.75) is 26.3 Å². The number of azide groups is 1. The van der Waals surface area contributed by atoms with Crippen LogP contribution in [0.25, 0.3) is 10.4 Å². The van der Waals surface area contributed by atoms with Gasteiger partial charge in [0, 0.05) is 11.5 Å². The average Bonchev–Trinajstić information content (AvgIpc) is 2.35. The minimum Gasteiger partial charge on any atom is -0.480 e. The Balaban J connectivity index is 2.78. The molecule has 0 spiro atoms. The number of hydrogen-bond donors (Lipinski definition) is 2. The number of hydrogen-bond acceptors (Lipinski definition) is 3. The van der Waals surface area contributed by atoms with Gasteiger partial charge < -0.3 is 10.4 Å². The molecule has 0 bridgehead atoms. The SMILES string of the molecule is Cc1cccc(C)c1C(NCCCN=[N+]=[N-])C(=O)O. The number of nitrogens with zero attached hydrogens (tertiary/aromatic N) is 3. The zero-order valence-electron chi connectivity index (χ0n) is 11.1. The highest BCUT2D eigenvalue weighted by molar-refractivity contribution is 5.76. The molecular weight excluding hydrogens is 244 g/mol. The molecule has 0 saturated heterocycles. The molecular formula is C13H18N4O2. The van der Waals surface area contributed by atoms with E-state index in [-0.39, 0.29) is 0 Å². The van der Waals surface area contributed by atoms with E-state index in [1.54, 1.807) is 0 Å². The summed E-state index contributed by atoms with van der Waals surface area (Å²) in [7, 11) is 0. The molecule has 0 aromatic heterocycles. The third kappa shape index (κ3) is 4.28. The summed E-state index contributed by atoms with van der Waals surface area (Å²) in [6.45, 7) is 4.66. The van der Waals surface area contributed by atoms with Crippen LogP contribution in [0.1, 0.15) is 29.2 Å². The Kier molecular flexibility index (Phi) is 5.85. The van der Waals surface area contributed by atoms with Crippen LogP contribution in [-0.2, 0) is 4.79 Å². The quantitative estimate of drug-likeness (QED) is 0.342. The van der Waals surface area contributed by atoms with Crippen molar-refractivity contribution in [3.05, 3.63) is 45.3 Å². The minimum atomic E-state index is -0.902. The lowest BCUT2D eigenvalue weighted by Crippen LogP contribution is -2.30. The van der Waals surface area contributed by atoms with Gasteiger partial charge in [-0.05, 0) is 49.0 Å². The molecule has 0 saturated carbocycles. The Morgan fingerprint density at radius 1 is 1.47 bits per heavy atom. The Morgan fingerprint density at radius 2 is 2.11 bits per heavy atom. The molecule has 1 aromatic carbocycles. The smallest absolute Gasteiger partial charge is 0.325 e. The molecule has 0 heterocycles. The van der Waals surface area contributed by atoms with E-state index >= 15 is 0 Å². The molecule has 102 valence electrons. The van der Waals surface area contributed by atoms with Crippen LogP contribution < -0.4 is 5.32 Å². The van der Waals surface area contributed by atoms with Crippen molar-refractivity contribution in [3.8, 4) is 0 Å². The van der Waals surface area contributed by atoms with Gasteiger partial charge in [0.25, 0.3) is 0 Å². The maximum atomic E-state index is 11.4. The van der Waals surface area contributed by atoms with Gasteiger partial charge >= 0.3 is 5.97 Å². The number of carboxylic acids is 1. The number of carboxylic acid groups (broad SMARTS) is 1. The molecule has 19 heavy (non-hydrogen) atoms. The molecule has 2 N–H and O–H groups in total. The highest BCUT2D eigenvalue weighted by atomic mass is 16.4. The number of benzene rings is 1. The van der Waals surface area contributed by atoms with Gasteiger partial charge in [0.05, 0.1) is 0 Å². The summed E-state index contributed by atoms with van der Waals surface area (Å²) in [6.07, 6.45) is 0.610. The van der Waals surface area contributed by atoms with E-state index in [9.17, 15) is 9.90 Å². The number of carbonyl (C=O) groups is 1. The van der Waals surface area contributed by atoms with Gasteiger partial charge in [-0.25, -0.2) is 0 Å². The second-order valence-corrected chi connectivity index (χ2v) is 4.34. The monoisotopic (exact) mass is 262 g/mol. The molecule has 1 unspecified atom stereocenters. The minimum absolute atomic E-state index is 0.364. The zero-order chi connectivity index (χ0) is 14.3. The molecule has 1 rings (SSSR count). The fourth-order valence-corrected chi connectivity index (χ4v) is 2.04. The summed E-state index contributed by atoms with van der Waals surface area (Å²) >= 11 is 0. The maximum Gasteiger partial charge on any atom is 0.325 e. The molecule has 0 radical (unpaired) electrons. The van der Waals surface area contributed by atoms with Crippen LogP contribution >= 0.6 is 0 Å². The molecule has 0 fully saturated rings. The number of rotatable bonds is 7. The fraction of sp³-hybridized carbons (Fsp3) is 0.462. The molecule has 1 aromatic rings. The first-order valence-corrected chi connectivity index (χ1v) is 6.11. The summed E-state index contributed by atoms with van der Waals surface area (Å²) in [5, 5.41) is 15.7. The van der Waals surface area contributed by atoms with Crippen molar-refractivity contribution in [1.29, 1.82) is 0 Å². The Bertz CT molecular complexity index is 475. The Labute approximate surface area is 112 Å². The predicted octanol–water partition coefficient (Wildman–Crippen LogP) is 2.72. The van der Waals surface area contributed by atoms with Gasteiger partial charge in [0.1, 0.15) is 6.04 Å². The molecule has 0 aliphatic carbocycles. The molecule has 0 aliphatic heterocycles. The largest absolute Gasteiger partial charge is 0.480 e. The molecule has 0 amide bonds. The topological polar surface area (TPSA) is 98.1 Å². The predicted molar refractivity (Wildman–Crippen MR) is 72.9 cm³/mol. The number of aryl methyl sites for hydroxylation is 2. The molecule has 6 nitrogen and oxygen atoms in total. The lowest BCUT2D eigenvalue weighted by molar-refractivity contribution is -0.139. The molecule has 1 atom stereocenters. The van der Waals surface area contributed by atoms with Crippen LogP contribution in [0.5, 0.6) is 0 Å². The second-order valence-electron chi connectivity index (χ2n) is 4.34. The molecule has 0 aliphatic rings. The summed E-state index contributed by atoms with van der Waals surface area (Å²) in [5.41, 5.74) is 10.9. The van der Waals surface area contributed by atoms with Crippen LogP contribution in [0.2, 0.25) is 0 Å². The first-order valence-electron chi connectivity index (χ1n) is 6.11. The standard InChI is InChI=1S/C13H18N4O2/c1-9-5-3-6-10(2)11(9)12(13(18)19)15-7-4-8-16-17-14/h3,5-6,12,15H,4,7-8H2,1-2H3,(H,18,19). The highest BCUT2D eigenvalue weighted by Gasteiger charge is 2.22. The van der Waals surface area contributed by atoms with Crippen molar-refractivity contribution in [3.63, 3.8) is 0 Å². The summed E-state index contributed by atoms with van der Waals surface area (Å²) in [5.74, 6) is -0.902. The van der Waals surface area contributed by atoms with E-state index in [1.807, 2.05) is 32.0 Å². The summed E-state index contributed by atoms with van der Waals surface area (Å²) in [4.78, 5) is 14.0. The van der Waals surface area contributed by atoms with Crippen LogP contribution in [0.4, 0.5) is 0 Å². The van der Waals surface area contributed by atoms with Gasteiger partial charge in [-0.15, -0.1) is 0 Å². The van der Waals surface area contributed by atoms with Crippen molar-refractivity contribution in [2.75, 3.05) is 13.1 Å². The van der Waals surface area contributed by atoms with Gasteiger partial charge in [0.15, 0.2) is 0 Å². The summed E-state index contributed by atoms with van der Waals surface area (Å²) in [6, 6.07) is 4.99. The van der Waals surface area contributed by atoms with Crippen molar-refractivity contribution in [1.82, 2.24) is 5.32 Å². The normalized spacial score (nSPS) is 11.7. The number of nitrogens with one attached hydrogen (secondary N) is 1. The van der Waals surface area contributed by atoms with E-state index in [1.165, 1.54) is 0 Å². The molecule has 6 heteroatoms. The lowest BCUT2D eigenvalue weighted by Gasteiger charge is -2.19. The van der Waals surface area contributed by atoms with Crippen LogP contribution in [0.3, 0.4) is 0 Å². The summed E-state index contributed by atoms with van der Waals surface area (Å²) < 4.78 is 0. The van der Waals surface area contributed by atoms with Crippen molar-refractivity contribution >= 4 is 5.97 Å². The zero-order valence-corrected chi connectivity index (χ0v) is 11.1. The van der Waals surface area contributed by atoms with Crippen LogP contribution in [0.15, 0.2) is 23.3 Å². The van der Waals surface area contributed by atoms with E-state index in [2.05, 4.69) is 15.3 Å². The lowest BCUT2D eigenvalue weighted by atomic mass is 9.96. The maximum absolute atomic E-state index is 11.4. The van der Waals surface area contributed by atoms with Crippen molar-refractivity contribution in [2.24, 2.45) is 5.11 Å². The Hall–Kier alpha value is -2.04. The first kappa shape index (κ1) is 15.0. The van der Waals surface area contributed by atoms with E-state index < -0.39 is 12.0 Å². The Morgan fingerprint density at radius 3 is 2.63 bits per heavy atom. The average molecular weight is 262 g/mol. The third-order valence-electron chi connectivity index (χ3n) is 2.92. The number of aliphatic carboxylic acids is 1. The van der Waals surface area contributed by atoms with Gasteiger partial charge in [-0.2, -0.15) is 0 Å². The highest BCUT2D eigenvalue weighted by Crippen LogP contribution is 2.22. The second kappa shape index (κ2) is 7.41. The van der Waals surface area contributed by atoms with Gasteiger partial charge in [-0.1, -0.05) is 23.3 Å².